The third-order valence-electron chi connectivity index (χ3n) is 4.42. The number of hydrogen-bond donors (Lipinski definition) is 2. The summed E-state index contributed by atoms with van der Waals surface area (Å²) in [6.07, 6.45) is 1.94. The monoisotopic (exact) mass is 382 g/mol. The minimum absolute atomic E-state index is 0. The maximum absolute atomic E-state index is 14.2. The first-order valence-electron chi connectivity index (χ1n) is 8.35. The first-order chi connectivity index (χ1) is 12.0. The highest BCUT2D eigenvalue weighted by Crippen LogP contribution is 2.24. The van der Waals surface area contributed by atoms with Crippen molar-refractivity contribution in [1.82, 2.24) is 20.1 Å². The number of carbonyl (C=O) groups is 1. The van der Waals surface area contributed by atoms with Crippen LogP contribution in [0.1, 0.15) is 34.9 Å². The summed E-state index contributed by atoms with van der Waals surface area (Å²) < 4.78 is 15.8. The zero-order valence-electron chi connectivity index (χ0n) is 15.1. The maximum atomic E-state index is 14.2. The largest absolute Gasteiger partial charge is 0.378 e. The molecule has 0 unspecified atom stereocenters. The van der Waals surface area contributed by atoms with Crippen LogP contribution in [0.15, 0.2) is 18.2 Å². The van der Waals surface area contributed by atoms with E-state index in [2.05, 4.69) is 20.7 Å². The van der Waals surface area contributed by atoms with E-state index < -0.39 is 11.7 Å². The molecule has 0 spiro atoms. The minimum atomic E-state index is -0.565. The molecule has 0 saturated carbocycles. The number of benzene rings is 1. The van der Waals surface area contributed by atoms with E-state index in [4.69, 9.17) is 0 Å². The molecule has 1 aliphatic rings. The number of halogens is 2. The molecule has 2 heterocycles. The third-order valence-corrected chi connectivity index (χ3v) is 4.42. The molecule has 1 aromatic heterocycles. The van der Waals surface area contributed by atoms with Crippen molar-refractivity contribution < 1.29 is 9.18 Å². The SMILES string of the molecule is CN(C)c1ccc(C(=O)Nc2nc(C3CCNCC3)nn2C)c(F)c1.Cl. The van der Waals surface area contributed by atoms with Crippen molar-refractivity contribution in [3.63, 3.8) is 0 Å². The highest BCUT2D eigenvalue weighted by molar-refractivity contribution is 6.03. The molecule has 1 aromatic carbocycles. The molecule has 1 saturated heterocycles. The number of aromatic nitrogens is 3. The number of rotatable bonds is 4. The molecular weight excluding hydrogens is 359 g/mol. The van der Waals surface area contributed by atoms with Crippen LogP contribution >= 0.6 is 12.4 Å². The Morgan fingerprint density at radius 1 is 1.35 bits per heavy atom. The topological polar surface area (TPSA) is 75.1 Å². The summed E-state index contributed by atoms with van der Waals surface area (Å²) in [7, 11) is 5.35. The fraction of sp³-hybridized carbons (Fsp3) is 0.471. The summed E-state index contributed by atoms with van der Waals surface area (Å²) in [5.41, 5.74) is 0.679. The zero-order valence-corrected chi connectivity index (χ0v) is 15.9. The molecule has 0 radical (unpaired) electrons. The summed E-state index contributed by atoms with van der Waals surface area (Å²) >= 11 is 0. The van der Waals surface area contributed by atoms with Gasteiger partial charge in [-0.1, -0.05) is 0 Å². The first kappa shape index (κ1) is 20.1. The summed E-state index contributed by atoms with van der Waals surface area (Å²) in [5, 5.41) is 10.4. The lowest BCUT2D eigenvalue weighted by Crippen LogP contribution is -2.27. The third kappa shape index (κ3) is 4.31. The molecule has 0 aliphatic carbocycles. The molecule has 3 rings (SSSR count). The van der Waals surface area contributed by atoms with Crippen LogP contribution in [-0.4, -0.2) is 47.9 Å². The van der Waals surface area contributed by atoms with Crippen molar-refractivity contribution in [1.29, 1.82) is 0 Å². The number of carbonyl (C=O) groups excluding carboxylic acids is 1. The van der Waals surface area contributed by atoms with Crippen molar-refractivity contribution in [2.75, 3.05) is 37.4 Å². The van der Waals surface area contributed by atoms with Gasteiger partial charge < -0.3 is 10.2 Å². The lowest BCUT2D eigenvalue weighted by Gasteiger charge is -2.19. The zero-order chi connectivity index (χ0) is 18.0. The van der Waals surface area contributed by atoms with Crippen molar-refractivity contribution >= 4 is 29.9 Å². The number of aryl methyl sites for hydroxylation is 1. The Labute approximate surface area is 158 Å². The van der Waals surface area contributed by atoms with Gasteiger partial charge >= 0.3 is 0 Å². The molecule has 2 N–H and O–H groups in total. The van der Waals surface area contributed by atoms with E-state index in [1.165, 1.54) is 16.8 Å². The predicted octanol–water partition coefficient (Wildman–Crippen LogP) is 2.16. The van der Waals surface area contributed by atoms with Gasteiger partial charge in [0, 0.05) is 32.7 Å². The number of hydrogen-bond acceptors (Lipinski definition) is 5. The molecule has 2 aromatic rings. The summed E-state index contributed by atoms with van der Waals surface area (Å²) in [6, 6.07) is 4.52. The van der Waals surface area contributed by atoms with Gasteiger partial charge in [0.15, 0.2) is 5.82 Å². The first-order valence-corrected chi connectivity index (χ1v) is 8.35. The highest BCUT2D eigenvalue weighted by atomic mass is 35.5. The van der Waals surface area contributed by atoms with Gasteiger partial charge in [0.05, 0.1) is 5.56 Å². The van der Waals surface area contributed by atoms with Gasteiger partial charge in [0.25, 0.3) is 5.91 Å². The molecule has 26 heavy (non-hydrogen) atoms. The number of piperidine rings is 1. The Morgan fingerprint density at radius 3 is 2.65 bits per heavy atom. The normalized spacial score (nSPS) is 14.6. The fourth-order valence-electron chi connectivity index (χ4n) is 2.90. The van der Waals surface area contributed by atoms with Crippen LogP contribution in [0.2, 0.25) is 0 Å². The van der Waals surface area contributed by atoms with Gasteiger partial charge in [-0.15, -0.1) is 12.4 Å². The number of nitrogens with one attached hydrogen (secondary N) is 2. The molecule has 9 heteroatoms. The number of anilines is 2. The number of amides is 1. The average molecular weight is 383 g/mol. The van der Waals surface area contributed by atoms with Gasteiger partial charge in [-0.3, -0.25) is 10.1 Å². The van der Waals surface area contributed by atoms with E-state index in [0.717, 1.165) is 31.8 Å². The van der Waals surface area contributed by atoms with Crippen LogP contribution in [0, 0.1) is 5.82 Å². The smallest absolute Gasteiger partial charge is 0.260 e. The molecule has 7 nitrogen and oxygen atoms in total. The van der Waals surface area contributed by atoms with Crippen molar-refractivity contribution in [2.45, 2.75) is 18.8 Å². The van der Waals surface area contributed by atoms with Gasteiger partial charge in [-0.05, 0) is 44.1 Å². The van der Waals surface area contributed by atoms with Gasteiger partial charge in [0.1, 0.15) is 5.82 Å². The van der Waals surface area contributed by atoms with Crippen LogP contribution in [0.4, 0.5) is 16.0 Å². The van der Waals surface area contributed by atoms with E-state index in [1.807, 2.05) is 14.1 Å². The van der Waals surface area contributed by atoms with Crippen LogP contribution in [0.5, 0.6) is 0 Å². The maximum Gasteiger partial charge on any atom is 0.260 e. The van der Waals surface area contributed by atoms with E-state index in [0.29, 0.717) is 11.6 Å². The van der Waals surface area contributed by atoms with Gasteiger partial charge in [-0.25, -0.2) is 9.07 Å². The van der Waals surface area contributed by atoms with E-state index >= 15 is 0 Å². The predicted molar refractivity (Wildman–Crippen MR) is 102 cm³/mol. The van der Waals surface area contributed by atoms with Crippen molar-refractivity contribution in [2.24, 2.45) is 7.05 Å². The molecule has 142 valence electrons. The summed E-state index contributed by atoms with van der Waals surface area (Å²) in [6.45, 7) is 1.88. The van der Waals surface area contributed by atoms with Crippen LogP contribution < -0.4 is 15.5 Å². The van der Waals surface area contributed by atoms with Crippen LogP contribution in [0.3, 0.4) is 0 Å². The van der Waals surface area contributed by atoms with Crippen molar-refractivity contribution in [3.05, 3.63) is 35.4 Å². The second-order valence-corrected chi connectivity index (χ2v) is 6.45. The molecule has 1 aliphatic heterocycles. The van der Waals surface area contributed by atoms with E-state index in [-0.39, 0.29) is 23.9 Å². The highest BCUT2D eigenvalue weighted by Gasteiger charge is 2.22. The Morgan fingerprint density at radius 2 is 2.04 bits per heavy atom. The summed E-state index contributed by atoms with van der Waals surface area (Å²) in [4.78, 5) is 18.6. The van der Waals surface area contributed by atoms with Gasteiger partial charge in [-0.2, -0.15) is 10.1 Å². The molecule has 1 fully saturated rings. The average Bonchev–Trinajstić information content (AvgIpc) is 2.96. The van der Waals surface area contributed by atoms with Crippen LogP contribution in [0.25, 0.3) is 0 Å². The quantitative estimate of drug-likeness (QED) is 0.847. The minimum Gasteiger partial charge on any atom is -0.378 e. The van der Waals surface area contributed by atoms with Gasteiger partial charge in [0.2, 0.25) is 5.95 Å². The second-order valence-electron chi connectivity index (χ2n) is 6.45. The fourth-order valence-corrected chi connectivity index (χ4v) is 2.90. The number of nitrogens with zero attached hydrogens (tertiary/aromatic N) is 4. The molecular formula is C17H24ClFN6O. The summed E-state index contributed by atoms with van der Waals surface area (Å²) in [5.74, 6) is 0.242. The Hall–Kier alpha value is -2.19. The lowest BCUT2D eigenvalue weighted by molar-refractivity contribution is 0.102. The molecule has 0 atom stereocenters. The van der Waals surface area contributed by atoms with E-state index in [9.17, 15) is 9.18 Å². The Balaban J connectivity index is 0.00000243. The van der Waals surface area contributed by atoms with E-state index in [1.54, 1.807) is 18.0 Å². The standard InChI is InChI=1S/C17H23FN6O.ClH/c1-23(2)12-4-5-13(14(18)10-12)16(25)21-17-20-15(22-24(17)3)11-6-8-19-9-7-11;/h4-5,10-11,19H,6-9H2,1-3H3,(H,20,21,22,25);1H. The lowest BCUT2D eigenvalue weighted by atomic mass is 9.98. The van der Waals surface area contributed by atoms with Crippen LogP contribution in [-0.2, 0) is 7.05 Å². The molecule has 0 bridgehead atoms. The molecule has 1 amide bonds. The Kier molecular flexibility index (Phi) is 6.55. The van der Waals surface area contributed by atoms with Crippen molar-refractivity contribution in [3.8, 4) is 0 Å². The second kappa shape index (κ2) is 8.46. The Bertz CT molecular complexity index is 773.